The largest absolute Gasteiger partial charge is 0.324 e. The number of benzene rings is 2. The minimum atomic E-state index is -0.510. The Morgan fingerprint density at radius 2 is 1.62 bits per heavy atom. The van der Waals surface area contributed by atoms with E-state index >= 15 is 0 Å². The van der Waals surface area contributed by atoms with Crippen molar-refractivity contribution < 1.29 is 9.59 Å². The fourth-order valence-electron chi connectivity index (χ4n) is 1.94. The Hall–Kier alpha value is -1.79. The molecule has 0 aliphatic rings. The Labute approximate surface area is 170 Å². The molecule has 2 aromatic carbocycles. The number of amides is 2. The van der Waals surface area contributed by atoms with Crippen LogP contribution in [-0.2, 0) is 4.79 Å². The molecule has 0 unspecified atom stereocenters. The highest BCUT2D eigenvalue weighted by molar-refractivity contribution is 6.37. The Morgan fingerprint density at radius 1 is 0.962 bits per heavy atom. The van der Waals surface area contributed by atoms with Gasteiger partial charge in [0.15, 0.2) is 0 Å². The van der Waals surface area contributed by atoms with Crippen molar-refractivity contribution in [2.75, 3.05) is 5.32 Å². The second kappa shape index (κ2) is 9.24. The van der Waals surface area contributed by atoms with Gasteiger partial charge in [-0.05, 0) is 43.3 Å². The molecule has 2 amide bonds. The van der Waals surface area contributed by atoms with E-state index in [1.807, 2.05) is 0 Å². The van der Waals surface area contributed by atoms with Gasteiger partial charge in [-0.2, -0.15) is 5.10 Å². The molecule has 2 N–H and O–H groups in total. The van der Waals surface area contributed by atoms with Gasteiger partial charge in [0.05, 0.1) is 27.7 Å². The zero-order chi connectivity index (χ0) is 19.3. The third-order valence-electron chi connectivity index (χ3n) is 3.14. The molecule has 26 heavy (non-hydrogen) atoms. The molecular weight excluding hydrogens is 420 g/mol. The minimum Gasteiger partial charge on any atom is -0.324 e. The molecular formula is C17H13Cl4N3O2. The smallest absolute Gasteiger partial charge is 0.272 e. The lowest BCUT2D eigenvalue weighted by Crippen LogP contribution is -2.21. The van der Waals surface area contributed by atoms with Crippen molar-refractivity contribution in [3.05, 3.63) is 62.1 Å². The zero-order valence-electron chi connectivity index (χ0n) is 13.4. The Morgan fingerprint density at radius 3 is 2.31 bits per heavy atom. The Kier molecular flexibility index (Phi) is 7.29. The number of nitrogens with one attached hydrogen (secondary N) is 2. The second-order valence-electron chi connectivity index (χ2n) is 5.26. The lowest BCUT2D eigenvalue weighted by atomic mass is 10.2. The normalized spacial score (nSPS) is 11.2. The van der Waals surface area contributed by atoms with Gasteiger partial charge in [0, 0.05) is 15.8 Å². The van der Waals surface area contributed by atoms with Crippen LogP contribution in [0.2, 0.25) is 20.1 Å². The van der Waals surface area contributed by atoms with E-state index in [0.29, 0.717) is 26.5 Å². The van der Waals surface area contributed by atoms with E-state index in [9.17, 15) is 9.59 Å². The first-order valence-corrected chi connectivity index (χ1v) is 8.81. The molecule has 0 heterocycles. The number of hydrogen-bond acceptors (Lipinski definition) is 3. The number of halogens is 4. The summed E-state index contributed by atoms with van der Waals surface area (Å²) in [6.07, 6.45) is -0.0442. The second-order valence-corrected chi connectivity index (χ2v) is 6.95. The van der Waals surface area contributed by atoms with E-state index in [1.165, 1.54) is 12.1 Å². The van der Waals surface area contributed by atoms with Crippen molar-refractivity contribution in [3.8, 4) is 0 Å². The Balaban J connectivity index is 1.96. The van der Waals surface area contributed by atoms with Crippen LogP contribution < -0.4 is 10.7 Å². The van der Waals surface area contributed by atoms with Crippen LogP contribution in [0, 0.1) is 0 Å². The van der Waals surface area contributed by atoms with E-state index in [4.69, 9.17) is 46.4 Å². The van der Waals surface area contributed by atoms with Crippen LogP contribution >= 0.6 is 46.4 Å². The molecule has 0 atom stereocenters. The first kappa shape index (κ1) is 20.5. The number of nitrogens with zero attached hydrogens (tertiary/aromatic N) is 1. The monoisotopic (exact) mass is 431 g/mol. The summed E-state index contributed by atoms with van der Waals surface area (Å²) < 4.78 is 0. The van der Waals surface area contributed by atoms with Crippen LogP contribution in [0.4, 0.5) is 5.69 Å². The lowest BCUT2D eigenvalue weighted by molar-refractivity contribution is -0.115. The fourth-order valence-corrected chi connectivity index (χ4v) is 2.77. The predicted molar refractivity (Wildman–Crippen MR) is 107 cm³/mol. The molecule has 9 heteroatoms. The fraction of sp³-hybridized carbons (Fsp3) is 0.118. The number of rotatable bonds is 5. The standard InChI is InChI=1S/C17H13Cl4N3O2/c1-9(6-16(25)22-15-8-11(19)3-5-13(15)20)23-24-17(26)12-4-2-10(18)7-14(12)21/h2-5,7-8H,6H2,1H3,(H,22,25)(H,24,26)/b23-9+. The molecule has 5 nitrogen and oxygen atoms in total. The van der Waals surface area contributed by atoms with Gasteiger partial charge >= 0.3 is 0 Å². The SMILES string of the molecule is C/C(CC(=O)Nc1cc(Cl)ccc1Cl)=N\NC(=O)c1ccc(Cl)cc1Cl. The topological polar surface area (TPSA) is 70.6 Å². The number of hydrazone groups is 1. The Bertz CT molecular complexity index is 884. The van der Waals surface area contributed by atoms with Crippen LogP contribution in [0.15, 0.2) is 41.5 Å². The third kappa shape index (κ3) is 5.88. The molecule has 0 saturated carbocycles. The van der Waals surface area contributed by atoms with Crippen LogP contribution in [0.3, 0.4) is 0 Å². The van der Waals surface area contributed by atoms with E-state index in [0.717, 1.165) is 0 Å². The highest BCUT2D eigenvalue weighted by atomic mass is 35.5. The van der Waals surface area contributed by atoms with Gasteiger partial charge in [0.2, 0.25) is 5.91 Å². The van der Waals surface area contributed by atoms with Crippen molar-refractivity contribution in [2.24, 2.45) is 5.10 Å². The van der Waals surface area contributed by atoms with Crippen LogP contribution in [0.25, 0.3) is 0 Å². The molecule has 0 aliphatic heterocycles. The molecule has 0 aromatic heterocycles. The van der Waals surface area contributed by atoms with Crippen molar-refractivity contribution in [1.82, 2.24) is 5.43 Å². The summed E-state index contributed by atoms with van der Waals surface area (Å²) in [5.41, 5.74) is 3.35. The van der Waals surface area contributed by atoms with Crippen LogP contribution in [-0.4, -0.2) is 17.5 Å². The van der Waals surface area contributed by atoms with Gasteiger partial charge in [-0.15, -0.1) is 0 Å². The molecule has 0 saturated heterocycles. The van der Waals surface area contributed by atoms with E-state index < -0.39 is 5.91 Å². The van der Waals surface area contributed by atoms with Gasteiger partial charge < -0.3 is 5.32 Å². The van der Waals surface area contributed by atoms with Gasteiger partial charge in [-0.3, -0.25) is 9.59 Å². The van der Waals surface area contributed by atoms with Crippen molar-refractivity contribution in [2.45, 2.75) is 13.3 Å². The first-order chi connectivity index (χ1) is 12.3. The number of anilines is 1. The van der Waals surface area contributed by atoms with Gasteiger partial charge in [0.25, 0.3) is 5.91 Å². The maximum atomic E-state index is 12.1. The molecule has 0 radical (unpaired) electrons. The quantitative estimate of drug-likeness (QED) is 0.488. The van der Waals surface area contributed by atoms with Gasteiger partial charge in [-0.25, -0.2) is 5.43 Å². The van der Waals surface area contributed by atoms with Crippen LogP contribution in [0.1, 0.15) is 23.7 Å². The zero-order valence-corrected chi connectivity index (χ0v) is 16.5. The highest BCUT2D eigenvalue weighted by Crippen LogP contribution is 2.25. The third-order valence-corrected chi connectivity index (χ3v) is 4.26. The van der Waals surface area contributed by atoms with E-state index in [1.54, 1.807) is 31.2 Å². The summed E-state index contributed by atoms with van der Waals surface area (Å²) in [6.45, 7) is 1.60. The maximum Gasteiger partial charge on any atom is 0.272 e. The summed E-state index contributed by atoms with van der Waals surface area (Å²) >= 11 is 23.6. The van der Waals surface area contributed by atoms with Crippen molar-refractivity contribution >= 4 is 69.6 Å². The number of carbonyl (C=O) groups is 2. The lowest BCUT2D eigenvalue weighted by Gasteiger charge is -2.08. The van der Waals surface area contributed by atoms with Crippen molar-refractivity contribution in [3.63, 3.8) is 0 Å². The van der Waals surface area contributed by atoms with E-state index in [2.05, 4.69) is 15.8 Å². The molecule has 0 fully saturated rings. The maximum absolute atomic E-state index is 12.1. The van der Waals surface area contributed by atoms with Gasteiger partial charge in [0.1, 0.15) is 0 Å². The minimum absolute atomic E-state index is 0.0442. The summed E-state index contributed by atoms with van der Waals surface area (Å²) in [7, 11) is 0. The average Bonchev–Trinajstić information content (AvgIpc) is 2.56. The summed E-state index contributed by atoms with van der Waals surface area (Å²) in [5, 5.41) is 7.96. The molecule has 2 aromatic rings. The molecule has 2 rings (SSSR count). The molecule has 0 spiro atoms. The first-order valence-electron chi connectivity index (χ1n) is 7.29. The van der Waals surface area contributed by atoms with Gasteiger partial charge in [-0.1, -0.05) is 46.4 Å². The van der Waals surface area contributed by atoms with E-state index in [-0.39, 0.29) is 22.9 Å². The van der Waals surface area contributed by atoms with Crippen LogP contribution in [0.5, 0.6) is 0 Å². The average molecular weight is 433 g/mol. The number of carbonyl (C=O) groups excluding carboxylic acids is 2. The molecule has 0 bridgehead atoms. The predicted octanol–water partition coefficient (Wildman–Crippen LogP) is 5.43. The van der Waals surface area contributed by atoms with Crippen molar-refractivity contribution in [1.29, 1.82) is 0 Å². The molecule has 136 valence electrons. The summed E-state index contributed by atoms with van der Waals surface area (Å²) in [6, 6.07) is 9.22. The summed E-state index contributed by atoms with van der Waals surface area (Å²) in [5.74, 6) is -0.862. The molecule has 0 aliphatic carbocycles. The summed E-state index contributed by atoms with van der Waals surface area (Å²) in [4.78, 5) is 24.1. The number of hydrogen-bond donors (Lipinski definition) is 2. The highest BCUT2D eigenvalue weighted by Gasteiger charge is 2.11.